The smallest absolute Gasteiger partial charge is 0.438 e. The van der Waals surface area contributed by atoms with Gasteiger partial charge in [0.25, 0.3) is 5.91 Å². The first-order valence-electron chi connectivity index (χ1n) is 13.8. The van der Waals surface area contributed by atoms with Crippen molar-refractivity contribution in [2.24, 2.45) is 5.10 Å². The second-order valence-electron chi connectivity index (χ2n) is 10.0. The highest BCUT2D eigenvalue weighted by molar-refractivity contribution is 8.14. The number of benzene rings is 2. The minimum Gasteiger partial charge on any atom is -0.493 e. The van der Waals surface area contributed by atoms with Gasteiger partial charge in [-0.25, -0.2) is 4.79 Å². The van der Waals surface area contributed by atoms with Crippen molar-refractivity contribution in [2.45, 2.75) is 25.0 Å². The van der Waals surface area contributed by atoms with Gasteiger partial charge >= 0.3 is 11.3 Å². The molecule has 11 nitrogen and oxygen atoms in total. The fourth-order valence-electron chi connectivity index (χ4n) is 5.25. The first kappa shape index (κ1) is 28.9. The van der Waals surface area contributed by atoms with E-state index in [1.54, 1.807) is 37.3 Å². The van der Waals surface area contributed by atoms with Crippen LogP contribution in [-0.4, -0.2) is 98.2 Å². The molecule has 3 heterocycles. The molecule has 3 aliphatic rings. The maximum absolute atomic E-state index is 13.5. The lowest BCUT2D eigenvalue weighted by atomic mass is 9.96. The summed E-state index contributed by atoms with van der Waals surface area (Å²) < 4.78 is 16.1. The van der Waals surface area contributed by atoms with Gasteiger partial charge in [-0.05, 0) is 61.2 Å². The Hall–Kier alpha value is -3.61. The fourth-order valence-corrected chi connectivity index (χ4v) is 6.06. The largest absolute Gasteiger partial charge is 0.493 e. The van der Waals surface area contributed by atoms with E-state index in [0.29, 0.717) is 35.9 Å². The Labute approximate surface area is 243 Å². The molecule has 2 aromatic rings. The summed E-state index contributed by atoms with van der Waals surface area (Å²) in [5.74, 6) is 0.928. The van der Waals surface area contributed by atoms with E-state index in [9.17, 15) is 14.4 Å². The minimum atomic E-state index is -0.772. The number of fused-ring (bicyclic) bond motifs is 1. The highest BCUT2D eigenvalue weighted by Crippen LogP contribution is 2.34. The summed E-state index contributed by atoms with van der Waals surface area (Å²) in [7, 11) is 3.10. The molecule has 0 bridgehead atoms. The number of hydrazone groups is 1. The van der Waals surface area contributed by atoms with Gasteiger partial charge in [0.05, 0.1) is 25.2 Å². The molecule has 3 amide bonds. The van der Waals surface area contributed by atoms with Crippen molar-refractivity contribution in [3.05, 3.63) is 53.1 Å². The Morgan fingerprint density at radius 2 is 1.83 bits per heavy atom. The number of rotatable bonds is 7. The normalized spacial score (nSPS) is 19.3. The van der Waals surface area contributed by atoms with Gasteiger partial charge in [-0.3, -0.25) is 14.5 Å². The standard InChI is InChI=1S/C29H35N5O6S/c1-19-26(31-34(29(37)41-19)28(36)40-16-15-32-13-10-30-11-14-32)21-6-8-23-20(17-21)5-4-12-33(23)27(35)22-7-9-24(38-2)25(18-22)39-3/h6-9,17-19,30H,4-5,10-16H2,1-3H3. The van der Waals surface area contributed by atoms with Crippen LogP contribution in [0.25, 0.3) is 0 Å². The van der Waals surface area contributed by atoms with Crippen LogP contribution in [0.15, 0.2) is 41.5 Å². The molecule has 3 aliphatic heterocycles. The first-order chi connectivity index (χ1) is 19.9. The number of hydrogen-bond donors (Lipinski definition) is 1. The van der Waals surface area contributed by atoms with Crippen LogP contribution < -0.4 is 19.7 Å². The maximum atomic E-state index is 13.5. The Morgan fingerprint density at radius 1 is 1.05 bits per heavy atom. The quantitative estimate of drug-likeness (QED) is 0.524. The number of carbonyl (C=O) groups is 3. The number of nitrogens with one attached hydrogen (secondary N) is 1. The average molecular weight is 582 g/mol. The first-order valence-corrected chi connectivity index (χ1v) is 14.6. The van der Waals surface area contributed by atoms with Gasteiger partial charge in [0.15, 0.2) is 11.5 Å². The molecule has 1 atom stereocenters. The zero-order chi connectivity index (χ0) is 28.9. The van der Waals surface area contributed by atoms with Crippen molar-refractivity contribution in [1.82, 2.24) is 15.2 Å². The van der Waals surface area contributed by atoms with E-state index in [-0.39, 0.29) is 17.8 Å². The van der Waals surface area contributed by atoms with Crippen LogP contribution >= 0.6 is 11.8 Å². The number of thioether (sulfide) groups is 1. The van der Waals surface area contributed by atoms with Gasteiger partial charge in [-0.15, -0.1) is 5.01 Å². The number of ether oxygens (including phenoxy) is 3. The van der Waals surface area contributed by atoms with Crippen molar-refractivity contribution >= 4 is 40.4 Å². The van der Waals surface area contributed by atoms with E-state index >= 15 is 0 Å². The second kappa shape index (κ2) is 12.9. The van der Waals surface area contributed by atoms with Gasteiger partial charge in [0.1, 0.15) is 6.61 Å². The average Bonchev–Trinajstić information content (AvgIpc) is 3.00. The number of imide groups is 1. The summed E-state index contributed by atoms with van der Waals surface area (Å²) in [6.07, 6.45) is 0.826. The zero-order valence-corrected chi connectivity index (χ0v) is 24.4. The third-order valence-corrected chi connectivity index (χ3v) is 8.38. The predicted octanol–water partition coefficient (Wildman–Crippen LogP) is 3.60. The predicted molar refractivity (Wildman–Crippen MR) is 157 cm³/mol. The number of anilines is 1. The van der Waals surface area contributed by atoms with Gasteiger partial charge in [0.2, 0.25) is 0 Å². The Bertz CT molecular complexity index is 1340. The van der Waals surface area contributed by atoms with Crippen LogP contribution in [0.5, 0.6) is 11.5 Å². The van der Waals surface area contributed by atoms with Crippen LogP contribution in [0, 0.1) is 0 Å². The van der Waals surface area contributed by atoms with E-state index in [2.05, 4.69) is 15.3 Å². The molecule has 1 saturated heterocycles. The van der Waals surface area contributed by atoms with Crippen LogP contribution in [0.1, 0.15) is 34.8 Å². The van der Waals surface area contributed by atoms with Gasteiger partial charge in [0, 0.05) is 50.5 Å². The summed E-state index contributed by atoms with van der Waals surface area (Å²) in [4.78, 5) is 42.9. The Kier molecular flexibility index (Phi) is 9.11. The molecule has 0 aliphatic carbocycles. The fraction of sp³-hybridized carbons (Fsp3) is 0.448. The van der Waals surface area contributed by atoms with Crippen molar-refractivity contribution < 1.29 is 28.6 Å². The third kappa shape index (κ3) is 6.34. The number of piperazine rings is 1. The SMILES string of the molecule is COc1ccc(C(=O)N2CCCc3cc(C4=NN(C(=O)OCCN5CCNCC5)C(=O)SC4C)ccc32)cc1OC. The number of nitrogens with zero attached hydrogens (tertiary/aromatic N) is 4. The maximum Gasteiger partial charge on any atom is 0.438 e. The highest BCUT2D eigenvalue weighted by atomic mass is 32.2. The monoisotopic (exact) mass is 581 g/mol. The molecule has 0 aromatic heterocycles. The molecule has 1 fully saturated rings. The van der Waals surface area contributed by atoms with Gasteiger partial charge in [-0.2, -0.15) is 5.10 Å². The van der Waals surface area contributed by atoms with E-state index in [1.165, 1.54) is 0 Å². The van der Waals surface area contributed by atoms with Gasteiger partial charge in [-0.1, -0.05) is 17.8 Å². The minimum absolute atomic E-state index is 0.126. The van der Waals surface area contributed by atoms with Crippen molar-refractivity contribution in [1.29, 1.82) is 0 Å². The van der Waals surface area contributed by atoms with Crippen molar-refractivity contribution in [3.8, 4) is 11.5 Å². The lowest BCUT2D eigenvalue weighted by molar-refractivity contribution is 0.0979. The summed E-state index contributed by atoms with van der Waals surface area (Å²) in [5.41, 5.74) is 3.75. The number of carbonyl (C=O) groups excluding carboxylic acids is 3. The van der Waals surface area contributed by atoms with E-state index < -0.39 is 11.3 Å². The zero-order valence-electron chi connectivity index (χ0n) is 23.6. The number of hydrogen-bond acceptors (Lipinski definition) is 10. The second-order valence-corrected chi connectivity index (χ2v) is 11.3. The lowest BCUT2D eigenvalue weighted by Gasteiger charge is -2.31. The number of methoxy groups -OCH3 is 2. The van der Waals surface area contributed by atoms with Crippen LogP contribution in [0.2, 0.25) is 0 Å². The molecule has 12 heteroatoms. The van der Waals surface area contributed by atoms with Gasteiger partial charge < -0.3 is 24.4 Å². The molecule has 2 aromatic carbocycles. The summed E-state index contributed by atoms with van der Waals surface area (Å²) in [5, 5.41) is 7.84. The van der Waals surface area contributed by atoms with Crippen molar-refractivity contribution in [2.75, 3.05) is 65.0 Å². The highest BCUT2D eigenvalue weighted by Gasteiger charge is 2.34. The summed E-state index contributed by atoms with van der Waals surface area (Å²) >= 11 is 1.04. The summed E-state index contributed by atoms with van der Waals surface area (Å²) in [6, 6.07) is 10.9. The number of aryl methyl sites for hydroxylation is 1. The molecular formula is C29H35N5O6S. The molecule has 0 saturated carbocycles. The molecule has 0 spiro atoms. The Morgan fingerprint density at radius 3 is 2.59 bits per heavy atom. The molecule has 218 valence electrons. The molecule has 41 heavy (non-hydrogen) atoms. The van der Waals surface area contributed by atoms with Crippen molar-refractivity contribution in [3.63, 3.8) is 0 Å². The Balaban J connectivity index is 1.33. The van der Waals surface area contributed by atoms with Crippen LogP contribution in [0.4, 0.5) is 15.3 Å². The molecule has 1 N–H and O–H groups in total. The van der Waals surface area contributed by atoms with Crippen LogP contribution in [-0.2, 0) is 11.2 Å². The molecule has 0 radical (unpaired) electrons. The van der Waals surface area contributed by atoms with E-state index in [0.717, 1.165) is 72.6 Å². The van der Waals surface area contributed by atoms with E-state index in [4.69, 9.17) is 14.2 Å². The topological polar surface area (TPSA) is 113 Å². The van der Waals surface area contributed by atoms with E-state index in [1.807, 2.05) is 25.1 Å². The molecule has 5 rings (SSSR count). The lowest BCUT2D eigenvalue weighted by Crippen LogP contribution is -2.45. The molecule has 1 unspecified atom stereocenters. The summed E-state index contributed by atoms with van der Waals surface area (Å²) in [6.45, 7) is 6.88. The number of amides is 3. The molecular weight excluding hydrogens is 546 g/mol. The van der Waals surface area contributed by atoms with Crippen LogP contribution in [0.3, 0.4) is 0 Å². The third-order valence-electron chi connectivity index (χ3n) is 7.43.